The molecule has 2 saturated heterocycles. The summed E-state index contributed by atoms with van der Waals surface area (Å²) >= 11 is 0. The van der Waals surface area contributed by atoms with Gasteiger partial charge in [0.25, 0.3) is 0 Å². The number of benzene rings is 1. The highest BCUT2D eigenvalue weighted by Gasteiger charge is 2.41. The number of piperidine rings is 1. The zero-order chi connectivity index (χ0) is 29.7. The van der Waals surface area contributed by atoms with Crippen LogP contribution in [0.4, 0.5) is 5.69 Å². The largest absolute Gasteiger partial charge is 0.381 e. The number of carbonyl (C=O) groups excluding carboxylic acids is 3. The Morgan fingerprint density at radius 1 is 1.12 bits per heavy atom. The quantitative estimate of drug-likeness (QED) is 0.471. The number of anilines is 1. The van der Waals surface area contributed by atoms with E-state index < -0.39 is 11.5 Å². The summed E-state index contributed by atoms with van der Waals surface area (Å²) in [4.78, 5) is 42.7. The van der Waals surface area contributed by atoms with Gasteiger partial charge in [-0.05, 0) is 57.4 Å². The molecule has 0 bridgehead atoms. The molecular formula is C32H44N6O4. The molecule has 1 aromatic carbocycles. The van der Waals surface area contributed by atoms with Crippen LogP contribution in [0, 0.1) is 25.2 Å². The molecule has 3 aliphatic rings. The second-order valence-electron chi connectivity index (χ2n) is 12.1. The first-order valence-corrected chi connectivity index (χ1v) is 15.1. The number of nitrogens with one attached hydrogen (secondary N) is 3. The number of carbonyl (C=O) groups is 3. The summed E-state index contributed by atoms with van der Waals surface area (Å²) in [6.45, 7) is 6.59. The Bertz CT molecular complexity index is 1300. The highest BCUT2D eigenvalue weighted by molar-refractivity contribution is 5.93. The molecule has 3 aliphatic heterocycles. The summed E-state index contributed by atoms with van der Waals surface area (Å²) in [7, 11) is 1.87. The first-order valence-electron chi connectivity index (χ1n) is 15.1. The van der Waals surface area contributed by atoms with E-state index >= 15 is 0 Å². The van der Waals surface area contributed by atoms with Gasteiger partial charge in [-0.15, -0.1) is 0 Å². The zero-order valence-electron chi connectivity index (χ0n) is 25.0. The van der Waals surface area contributed by atoms with Gasteiger partial charge >= 0.3 is 0 Å². The number of aryl methyl sites for hydroxylation is 2. The maximum atomic E-state index is 13.8. The molecule has 10 heteroatoms. The smallest absolute Gasteiger partial charge is 0.243 e. The van der Waals surface area contributed by atoms with Crippen molar-refractivity contribution >= 4 is 23.4 Å². The van der Waals surface area contributed by atoms with Gasteiger partial charge in [-0.2, -0.15) is 5.10 Å². The first-order chi connectivity index (χ1) is 20.2. The van der Waals surface area contributed by atoms with Gasteiger partial charge in [-0.3, -0.25) is 24.0 Å². The van der Waals surface area contributed by atoms with Crippen molar-refractivity contribution in [2.45, 2.75) is 64.5 Å². The van der Waals surface area contributed by atoms with E-state index in [1.807, 2.05) is 51.2 Å². The molecule has 3 N–H and O–H groups in total. The Balaban J connectivity index is 1.32. The van der Waals surface area contributed by atoms with Crippen molar-refractivity contribution in [1.82, 2.24) is 25.3 Å². The molecular weight excluding hydrogens is 532 g/mol. The third kappa shape index (κ3) is 6.93. The molecule has 0 radical (unpaired) electrons. The number of hydrogen-bond donors (Lipinski definition) is 3. The van der Waals surface area contributed by atoms with E-state index in [1.165, 1.54) is 0 Å². The summed E-state index contributed by atoms with van der Waals surface area (Å²) in [5, 5.41) is 13.9. The Labute approximate surface area is 248 Å². The van der Waals surface area contributed by atoms with Crippen LogP contribution in [0.5, 0.6) is 0 Å². The third-order valence-corrected chi connectivity index (χ3v) is 9.24. The van der Waals surface area contributed by atoms with Crippen LogP contribution in [0.25, 0.3) is 0 Å². The normalized spacial score (nSPS) is 25.8. The number of rotatable bonds is 5. The molecule has 0 saturated carbocycles. The molecule has 4 heterocycles. The van der Waals surface area contributed by atoms with Gasteiger partial charge in [-0.1, -0.05) is 42.5 Å². The van der Waals surface area contributed by atoms with Gasteiger partial charge in [0.2, 0.25) is 17.7 Å². The molecule has 226 valence electrons. The average molecular weight is 577 g/mol. The number of allylic oxidation sites excluding steroid dienone is 2. The highest BCUT2D eigenvalue weighted by Crippen LogP contribution is 2.36. The zero-order valence-corrected chi connectivity index (χ0v) is 25.0. The van der Waals surface area contributed by atoms with E-state index in [-0.39, 0.29) is 36.2 Å². The number of aromatic nitrogens is 2. The Hall–Kier alpha value is -3.50. The second-order valence-corrected chi connectivity index (χ2v) is 12.1. The van der Waals surface area contributed by atoms with Crippen LogP contribution in [0.3, 0.4) is 0 Å². The Morgan fingerprint density at radius 2 is 1.88 bits per heavy atom. The van der Waals surface area contributed by atoms with E-state index in [0.717, 1.165) is 35.5 Å². The van der Waals surface area contributed by atoms with E-state index in [0.29, 0.717) is 52.0 Å². The summed E-state index contributed by atoms with van der Waals surface area (Å²) < 4.78 is 7.37. The standard InChI is InChI=1S/C32H44N6O4/c1-22-29(23(2)37(3)36-22)35-28(39)21-38-16-12-26-25(20-38)11-7-8-13-32(14-17-42-18-15-32)31(41)34-27(30(40)33-26)19-24-9-5-4-6-10-24/h4-10,25-27H,11-21H2,1-3H3,(H,33,40)(H,34,41)(H,35,39)/b8-7+/t25-,26-,27-/m1/s1. The number of hydrogen-bond acceptors (Lipinski definition) is 6. The Morgan fingerprint density at radius 3 is 2.60 bits per heavy atom. The minimum Gasteiger partial charge on any atom is -0.381 e. The molecule has 1 aromatic heterocycles. The molecule has 42 heavy (non-hydrogen) atoms. The number of fused-ring (bicyclic) bond motifs is 1. The van der Waals surface area contributed by atoms with Crippen LogP contribution in [-0.4, -0.2) is 77.3 Å². The molecule has 1 spiro atoms. The minimum absolute atomic E-state index is 0.0454. The average Bonchev–Trinajstić information content (AvgIpc) is 3.22. The van der Waals surface area contributed by atoms with Gasteiger partial charge in [0.1, 0.15) is 6.04 Å². The third-order valence-electron chi connectivity index (χ3n) is 9.24. The predicted octanol–water partition coefficient (Wildman–Crippen LogP) is 2.66. The maximum Gasteiger partial charge on any atom is 0.243 e. The summed E-state index contributed by atoms with van der Waals surface area (Å²) in [6.07, 6.45) is 8.10. The van der Waals surface area contributed by atoms with Crippen LogP contribution >= 0.6 is 0 Å². The first kappa shape index (κ1) is 30.0. The van der Waals surface area contributed by atoms with Crippen molar-refractivity contribution in [3.05, 3.63) is 59.4 Å². The van der Waals surface area contributed by atoms with Crippen molar-refractivity contribution in [1.29, 1.82) is 0 Å². The van der Waals surface area contributed by atoms with Gasteiger partial charge in [0.05, 0.1) is 29.0 Å². The lowest BCUT2D eigenvalue weighted by Gasteiger charge is -2.40. The lowest BCUT2D eigenvalue weighted by molar-refractivity contribution is -0.140. The van der Waals surface area contributed by atoms with Crippen molar-refractivity contribution in [3.8, 4) is 0 Å². The highest BCUT2D eigenvalue weighted by atomic mass is 16.5. The lowest BCUT2D eigenvalue weighted by Crippen LogP contribution is -2.58. The van der Waals surface area contributed by atoms with Gasteiger partial charge in [0, 0.05) is 45.8 Å². The molecule has 3 amide bonds. The number of ether oxygens (including phenoxy) is 1. The van der Waals surface area contributed by atoms with Crippen molar-refractivity contribution in [2.75, 3.05) is 38.2 Å². The fourth-order valence-corrected chi connectivity index (χ4v) is 6.54. The lowest BCUT2D eigenvalue weighted by atomic mass is 9.75. The molecule has 3 atom stereocenters. The SMILES string of the molecule is Cc1nn(C)c(C)c1NC(=O)CN1CC[C@H]2NC(=O)[C@@H](Cc3ccccc3)NC(=O)C3(C/C=C/C[C@@H]2C1)CCOCC3. The summed E-state index contributed by atoms with van der Waals surface area (Å²) in [6, 6.07) is 9.12. The predicted molar refractivity (Wildman–Crippen MR) is 161 cm³/mol. The van der Waals surface area contributed by atoms with Gasteiger partial charge in [0.15, 0.2) is 0 Å². The van der Waals surface area contributed by atoms with Gasteiger partial charge < -0.3 is 20.7 Å². The van der Waals surface area contributed by atoms with Crippen LogP contribution in [0.15, 0.2) is 42.5 Å². The van der Waals surface area contributed by atoms with Crippen molar-refractivity contribution in [2.24, 2.45) is 18.4 Å². The number of amides is 3. The molecule has 10 nitrogen and oxygen atoms in total. The van der Waals surface area contributed by atoms with E-state index in [2.05, 4.69) is 38.1 Å². The van der Waals surface area contributed by atoms with Gasteiger partial charge in [-0.25, -0.2) is 0 Å². The fraction of sp³-hybridized carbons (Fsp3) is 0.562. The van der Waals surface area contributed by atoms with Crippen molar-refractivity contribution in [3.63, 3.8) is 0 Å². The number of likely N-dealkylation sites (tertiary alicyclic amines) is 1. The monoisotopic (exact) mass is 576 g/mol. The van der Waals surface area contributed by atoms with E-state index in [4.69, 9.17) is 4.74 Å². The molecule has 5 rings (SSSR count). The second kappa shape index (κ2) is 13.2. The van der Waals surface area contributed by atoms with Crippen LogP contribution in [0.2, 0.25) is 0 Å². The fourth-order valence-electron chi connectivity index (χ4n) is 6.54. The maximum absolute atomic E-state index is 13.8. The molecule has 2 aromatic rings. The minimum atomic E-state index is -0.668. The molecule has 0 aliphatic carbocycles. The molecule has 2 fully saturated rings. The van der Waals surface area contributed by atoms with E-state index in [1.54, 1.807) is 4.68 Å². The number of nitrogens with zero attached hydrogens (tertiary/aromatic N) is 3. The van der Waals surface area contributed by atoms with Crippen LogP contribution in [0.1, 0.15) is 49.1 Å². The topological polar surface area (TPSA) is 118 Å². The van der Waals surface area contributed by atoms with Crippen LogP contribution in [-0.2, 0) is 32.6 Å². The summed E-state index contributed by atoms with van der Waals surface area (Å²) in [5.41, 5.74) is 2.91. The summed E-state index contributed by atoms with van der Waals surface area (Å²) in [5.74, 6) is -0.134. The van der Waals surface area contributed by atoms with Crippen LogP contribution < -0.4 is 16.0 Å². The molecule has 0 unspecified atom stereocenters. The van der Waals surface area contributed by atoms with Crippen molar-refractivity contribution < 1.29 is 19.1 Å². The Kier molecular flexibility index (Phi) is 9.43. The van der Waals surface area contributed by atoms with E-state index in [9.17, 15) is 14.4 Å².